The number of benzene rings is 2. The van der Waals surface area contributed by atoms with Crippen molar-refractivity contribution in [1.82, 2.24) is 9.55 Å². The fourth-order valence-corrected chi connectivity index (χ4v) is 2.23. The summed E-state index contributed by atoms with van der Waals surface area (Å²) in [6.07, 6.45) is 10.0. The van der Waals surface area contributed by atoms with Crippen molar-refractivity contribution in [3.63, 3.8) is 0 Å². The Balaban J connectivity index is 1.93. The van der Waals surface area contributed by atoms with Crippen molar-refractivity contribution < 1.29 is 0 Å². The van der Waals surface area contributed by atoms with Gasteiger partial charge in [0.05, 0.1) is 12.4 Å². The van der Waals surface area contributed by atoms with Crippen molar-refractivity contribution >= 4 is 6.08 Å². The average Bonchev–Trinajstić information content (AvgIpc) is 3.04. The number of nitrogens with zero attached hydrogens (tertiary/aromatic N) is 2. The van der Waals surface area contributed by atoms with E-state index in [4.69, 9.17) is 0 Å². The molecule has 0 bridgehead atoms. The molecule has 0 aliphatic carbocycles. The van der Waals surface area contributed by atoms with Gasteiger partial charge in [0.15, 0.2) is 0 Å². The van der Waals surface area contributed by atoms with Gasteiger partial charge in [0.2, 0.25) is 0 Å². The lowest BCUT2D eigenvalue weighted by atomic mass is 10.1. The first-order valence-corrected chi connectivity index (χ1v) is 6.69. The molecule has 2 nitrogen and oxygen atoms in total. The van der Waals surface area contributed by atoms with Gasteiger partial charge in [-0.25, -0.2) is 4.98 Å². The standard InChI is InChI=1S/C18H16N2/c1-3-7-16(8-4-1)11-12-18(20-14-13-19-15-20)17-9-5-2-6-10-17/h1-15,18H/b12-11+/t18-/m1/s1. The predicted molar refractivity (Wildman–Crippen MR) is 82.3 cm³/mol. The van der Waals surface area contributed by atoms with E-state index in [0.717, 1.165) is 0 Å². The van der Waals surface area contributed by atoms with Gasteiger partial charge in [-0.15, -0.1) is 0 Å². The third-order valence-electron chi connectivity index (χ3n) is 3.26. The van der Waals surface area contributed by atoms with Gasteiger partial charge in [-0.3, -0.25) is 0 Å². The van der Waals surface area contributed by atoms with E-state index >= 15 is 0 Å². The zero-order valence-electron chi connectivity index (χ0n) is 11.1. The maximum Gasteiger partial charge on any atom is 0.0954 e. The molecule has 2 aromatic carbocycles. The molecule has 1 aromatic heterocycles. The smallest absolute Gasteiger partial charge is 0.0954 e. The molecule has 0 radical (unpaired) electrons. The Morgan fingerprint density at radius 1 is 0.900 bits per heavy atom. The molecule has 0 amide bonds. The van der Waals surface area contributed by atoms with Crippen LogP contribution in [0.5, 0.6) is 0 Å². The van der Waals surface area contributed by atoms with Crippen LogP contribution in [0.15, 0.2) is 85.5 Å². The minimum absolute atomic E-state index is 0.166. The van der Waals surface area contributed by atoms with E-state index in [2.05, 4.69) is 70.2 Å². The highest BCUT2D eigenvalue weighted by molar-refractivity contribution is 5.50. The molecule has 20 heavy (non-hydrogen) atoms. The maximum absolute atomic E-state index is 4.15. The molecule has 0 N–H and O–H groups in total. The largest absolute Gasteiger partial charge is 0.326 e. The molecule has 0 saturated carbocycles. The highest BCUT2D eigenvalue weighted by Gasteiger charge is 2.08. The Kier molecular flexibility index (Phi) is 3.74. The van der Waals surface area contributed by atoms with Crippen LogP contribution in [0.1, 0.15) is 17.2 Å². The minimum atomic E-state index is 0.166. The molecule has 0 saturated heterocycles. The lowest BCUT2D eigenvalue weighted by molar-refractivity contribution is 0.701. The van der Waals surface area contributed by atoms with Crippen LogP contribution in [0.3, 0.4) is 0 Å². The number of rotatable bonds is 4. The third kappa shape index (κ3) is 2.86. The summed E-state index contributed by atoms with van der Waals surface area (Å²) in [6.45, 7) is 0. The molecule has 0 aliphatic heterocycles. The average molecular weight is 260 g/mol. The van der Waals surface area contributed by atoms with Crippen molar-refractivity contribution in [3.8, 4) is 0 Å². The van der Waals surface area contributed by atoms with Crippen molar-refractivity contribution in [2.24, 2.45) is 0 Å². The van der Waals surface area contributed by atoms with Crippen LogP contribution in [-0.2, 0) is 0 Å². The first kappa shape index (κ1) is 12.4. The fourth-order valence-electron chi connectivity index (χ4n) is 2.23. The highest BCUT2D eigenvalue weighted by atomic mass is 15.0. The van der Waals surface area contributed by atoms with E-state index in [1.807, 2.05) is 30.9 Å². The van der Waals surface area contributed by atoms with E-state index in [1.165, 1.54) is 11.1 Å². The summed E-state index contributed by atoms with van der Waals surface area (Å²) < 4.78 is 2.11. The molecule has 1 heterocycles. The molecule has 0 fully saturated rings. The van der Waals surface area contributed by atoms with Crippen molar-refractivity contribution in [2.45, 2.75) is 6.04 Å². The first-order chi connectivity index (χ1) is 9.93. The van der Waals surface area contributed by atoms with Gasteiger partial charge >= 0.3 is 0 Å². The fraction of sp³-hybridized carbons (Fsp3) is 0.0556. The van der Waals surface area contributed by atoms with E-state index in [0.29, 0.717) is 0 Å². The van der Waals surface area contributed by atoms with Gasteiger partial charge in [-0.2, -0.15) is 0 Å². The zero-order valence-corrected chi connectivity index (χ0v) is 11.1. The van der Waals surface area contributed by atoms with Gasteiger partial charge in [-0.05, 0) is 11.1 Å². The number of imidazole rings is 1. The minimum Gasteiger partial charge on any atom is -0.326 e. The van der Waals surface area contributed by atoms with Crippen LogP contribution < -0.4 is 0 Å². The number of allylic oxidation sites excluding steroid dienone is 1. The van der Waals surface area contributed by atoms with Crippen LogP contribution >= 0.6 is 0 Å². The summed E-state index contributed by atoms with van der Waals surface area (Å²) in [6, 6.07) is 20.9. The van der Waals surface area contributed by atoms with Gasteiger partial charge in [0.1, 0.15) is 0 Å². The van der Waals surface area contributed by atoms with Crippen molar-refractivity contribution in [3.05, 3.63) is 96.6 Å². The normalized spacial score (nSPS) is 12.6. The highest BCUT2D eigenvalue weighted by Crippen LogP contribution is 2.20. The number of aromatic nitrogens is 2. The molecular formula is C18H16N2. The van der Waals surface area contributed by atoms with Crippen molar-refractivity contribution in [2.75, 3.05) is 0 Å². The molecule has 0 spiro atoms. The predicted octanol–water partition coefficient (Wildman–Crippen LogP) is 4.19. The Bertz CT molecular complexity index is 655. The molecule has 2 heteroatoms. The second-order valence-electron chi connectivity index (χ2n) is 4.64. The van der Waals surface area contributed by atoms with E-state index in [-0.39, 0.29) is 6.04 Å². The van der Waals surface area contributed by atoms with Crippen LogP contribution in [-0.4, -0.2) is 9.55 Å². The topological polar surface area (TPSA) is 17.8 Å². The van der Waals surface area contributed by atoms with Gasteiger partial charge in [0, 0.05) is 12.4 Å². The molecule has 98 valence electrons. The number of hydrogen-bond donors (Lipinski definition) is 0. The van der Waals surface area contributed by atoms with Crippen LogP contribution in [0.25, 0.3) is 6.08 Å². The van der Waals surface area contributed by atoms with Crippen LogP contribution in [0.2, 0.25) is 0 Å². The zero-order chi connectivity index (χ0) is 13.6. The summed E-state index contributed by atoms with van der Waals surface area (Å²) in [5.41, 5.74) is 2.45. The molecule has 0 unspecified atom stereocenters. The molecule has 3 rings (SSSR count). The number of hydrogen-bond acceptors (Lipinski definition) is 1. The summed E-state index contributed by atoms with van der Waals surface area (Å²) >= 11 is 0. The summed E-state index contributed by atoms with van der Waals surface area (Å²) in [5, 5.41) is 0. The Hall–Kier alpha value is -2.61. The van der Waals surface area contributed by atoms with Gasteiger partial charge < -0.3 is 4.57 Å². The summed E-state index contributed by atoms with van der Waals surface area (Å²) in [5.74, 6) is 0. The van der Waals surface area contributed by atoms with E-state index in [1.54, 1.807) is 0 Å². The Morgan fingerprint density at radius 2 is 1.60 bits per heavy atom. The molecule has 3 aromatic rings. The molecule has 1 atom stereocenters. The summed E-state index contributed by atoms with van der Waals surface area (Å²) in [7, 11) is 0. The Labute approximate surface area is 119 Å². The first-order valence-electron chi connectivity index (χ1n) is 6.69. The lowest BCUT2D eigenvalue weighted by Crippen LogP contribution is -2.05. The van der Waals surface area contributed by atoms with Gasteiger partial charge in [0.25, 0.3) is 0 Å². The van der Waals surface area contributed by atoms with Crippen LogP contribution in [0, 0.1) is 0 Å². The lowest BCUT2D eigenvalue weighted by Gasteiger charge is -2.14. The van der Waals surface area contributed by atoms with Gasteiger partial charge in [-0.1, -0.05) is 72.8 Å². The SMILES string of the molecule is C(=C\[C@H](c1ccccc1)n1ccnc1)/c1ccccc1. The van der Waals surface area contributed by atoms with Crippen LogP contribution in [0.4, 0.5) is 0 Å². The second-order valence-corrected chi connectivity index (χ2v) is 4.64. The van der Waals surface area contributed by atoms with E-state index < -0.39 is 0 Å². The Morgan fingerprint density at radius 3 is 2.25 bits per heavy atom. The van der Waals surface area contributed by atoms with E-state index in [9.17, 15) is 0 Å². The third-order valence-corrected chi connectivity index (χ3v) is 3.26. The monoisotopic (exact) mass is 260 g/mol. The molecular weight excluding hydrogens is 244 g/mol. The summed E-state index contributed by atoms with van der Waals surface area (Å²) in [4.78, 5) is 4.15. The quantitative estimate of drug-likeness (QED) is 0.688. The molecule has 0 aliphatic rings. The van der Waals surface area contributed by atoms with Crippen molar-refractivity contribution in [1.29, 1.82) is 0 Å². The second kappa shape index (κ2) is 6.02. The maximum atomic E-state index is 4.15.